The SMILES string of the molecule is Nc1cc(Cc2ccc(C3N=C(Nc4cccc(C(F)(F)F)c4)NN3)c3ccccc23)nc(N)n1. The Morgan fingerprint density at radius 2 is 1.71 bits per heavy atom. The van der Waals surface area contributed by atoms with Crippen LogP contribution < -0.4 is 27.6 Å². The number of anilines is 3. The Balaban J connectivity index is 1.42. The number of halogens is 3. The number of benzene rings is 3. The van der Waals surface area contributed by atoms with Gasteiger partial charge in [0, 0.05) is 23.7 Å². The fraction of sp³-hybridized carbons (Fsp3) is 0.125. The fourth-order valence-corrected chi connectivity index (χ4v) is 4.05. The minimum atomic E-state index is -4.42. The average molecular weight is 478 g/mol. The van der Waals surface area contributed by atoms with Crippen LogP contribution in [0.25, 0.3) is 10.8 Å². The number of nitrogens with two attached hydrogens (primary N) is 2. The first-order valence-electron chi connectivity index (χ1n) is 10.7. The first-order valence-corrected chi connectivity index (χ1v) is 10.7. The third-order valence-corrected chi connectivity index (χ3v) is 5.57. The molecule has 0 bridgehead atoms. The van der Waals surface area contributed by atoms with E-state index in [0.29, 0.717) is 23.9 Å². The number of aliphatic imine (C=N–C) groups is 1. The summed E-state index contributed by atoms with van der Waals surface area (Å²) in [6, 6.07) is 18.5. The van der Waals surface area contributed by atoms with Gasteiger partial charge in [-0.05, 0) is 34.5 Å². The molecule has 0 saturated heterocycles. The molecule has 7 N–H and O–H groups in total. The summed E-state index contributed by atoms with van der Waals surface area (Å²) in [6.07, 6.45) is -4.36. The van der Waals surface area contributed by atoms with Crippen molar-refractivity contribution in [2.45, 2.75) is 18.8 Å². The third-order valence-electron chi connectivity index (χ3n) is 5.57. The summed E-state index contributed by atoms with van der Waals surface area (Å²) in [5.74, 6) is 0.747. The highest BCUT2D eigenvalue weighted by atomic mass is 19.4. The number of guanidine groups is 1. The number of aromatic nitrogens is 2. The molecule has 0 spiro atoms. The van der Waals surface area contributed by atoms with Crippen LogP contribution in [0.2, 0.25) is 0 Å². The molecule has 8 nitrogen and oxygen atoms in total. The van der Waals surface area contributed by atoms with E-state index < -0.39 is 17.9 Å². The maximum atomic E-state index is 13.0. The Morgan fingerprint density at radius 1 is 0.914 bits per heavy atom. The molecule has 1 aliphatic heterocycles. The lowest BCUT2D eigenvalue weighted by atomic mass is 9.95. The molecule has 1 aliphatic rings. The molecule has 0 fully saturated rings. The van der Waals surface area contributed by atoms with Gasteiger partial charge in [0.15, 0.2) is 0 Å². The van der Waals surface area contributed by atoms with E-state index in [4.69, 9.17) is 11.5 Å². The van der Waals surface area contributed by atoms with Crippen molar-refractivity contribution in [2.75, 3.05) is 16.8 Å². The molecule has 0 saturated carbocycles. The Morgan fingerprint density at radius 3 is 2.49 bits per heavy atom. The smallest absolute Gasteiger partial charge is 0.384 e. The lowest BCUT2D eigenvalue weighted by Crippen LogP contribution is -2.35. The molecular formula is C24H21F3N8. The molecule has 5 rings (SSSR count). The molecular weight excluding hydrogens is 457 g/mol. The minimum Gasteiger partial charge on any atom is -0.384 e. The topological polar surface area (TPSA) is 126 Å². The standard InChI is InChI=1S/C24H21F3N8/c25-24(26,27)14-4-3-5-15(11-14)31-23-33-21(34-35-23)19-9-8-13(17-6-1-2-7-18(17)19)10-16-12-20(28)32-22(29)30-16/h1-9,11-12,21,34H,10H2,(H2,31,33,35)(H4,28,29,30,32). The zero-order chi connectivity index (χ0) is 24.6. The summed E-state index contributed by atoms with van der Waals surface area (Å²) in [4.78, 5) is 12.8. The zero-order valence-corrected chi connectivity index (χ0v) is 18.3. The van der Waals surface area contributed by atoms with Crippen LogP contribution in [0, 0.1) is 0 Å². The van der Waals surface area contributed by atoms with Gasteiger partial charge in [-0.2, -0.15) is 18.2 Å². The molecule has 35 heavy (non-hydrogen) atoms. The number of rotatable bonds is 4. The molecule has 178 valence electrons. The highest BCUT2D eigenvalue weighted by Crippen LogP contribution is 2.32. The Bertz CT molecular complexity index is 1410. The summed E-state index contributed by atoms with van der Waals surface area (Å²) in [5.41, 5.74) is 19.7. The van der Waals surface area contributed by atoms with Gasteiger partial charge in [0.25, 0.3) is 0 Å². The van der Waals surface area contributed by atoms with Crippen LogP contribution in [-0.2, 0) is 12.6 Å². The van der Waals surface area contributed by atoms with E-state index in [2.05, 4.69) is 31.1 Å². The molecule has 1 unspecified atom stereocenters. The van der Waals surface area contributed by atoms with Crippen LogP contribution in [0.1, 0.15) is 28.6 Å². The molecule has 0 amide bonds. The van der Waals surface area contributed by atoms with E-state index in [1.54, 1.807) is 12.1 Å². The second kappa shape index (κ2) is 8.76. The lowest BCUT2D eigenvalue weighted by Gasteiger charge is -2.14. The van der Waals surface area contributed by atoms with Gasteiger partial charge < -0.3 is 16.8 Å². The van der Waals surface area contributed by atoms with E-state index >= 15 is 0 Å². The first-order chi connectivity index (χ1) is 16.8. The Kier molecular flexibility index (Phi) is 5.61. The number of hydrazine groups is 1. The lowest BCUT2D eigenvalue weighted by molar-refractivity contribution is -0.137. The number of alkyl halides is 3. The van der Waals surface area contributed by atoms with Gasteiger partial charge in [-0.15, -0.1) is 0 Å². The van der Waals surface area contributed by atoms with Gasteiger partial charge in [0.2, 0.25) is 11.9 Å². The van der Waals surface area contributed by atoms with Crippen molar-refractivity contribution in [3.8, 4) is 0 Å². The third kappa shape index (κ3) is 4.80. The maximum Gasteiger partial charge on any atom is 0.416 e. The van der Waals surface area contributed by atoms with Crippen molar-refractivity contribution in [2.24, 2.45) is 4.99 Å². The molecule has 11 heteroatoms. The molecule has 1 aromatic heterocycles. The summed E-state index contributed by atoms with van der Waals surface area (Å²) in [6.45, 7) is 0. The van der Waals surface area contributed by atoms with Gasteiger partial charge in [0.05, 0.1) is 11.3 Å². The van der Waals surface area contributed by atoms with Crippen LogP contribution >= 0.6 is 0 Å². The highest BCUT2D eigenvalue weighted by Gasteiger charge is 2.30. The van der Waals surface area contributed by atoms with Crippen molar-refractivity contribution < 1.29 is 13.2 Å². The van der Waals surface area contributed by atoms with E-state index in [1.807, 2.05) is 36.4 Å². The predicted octanol–water partition coefficient (Wildman–Crippen LogP) is 3.98. The van der Waals surface area contributed by atoms with Crippen LogP contribution in [0.5, 0.6) is 0 Å². The molecule has 0 aliphatic carbocycles. The predicted molar refractivity (Wildman–Crippen MR) is 129 cm³/mol. The second-order valence-electron chi connectivity index (χ2n) is 8.03. The van der Waals surface area contributed by atoms with E-state index in [0.717, 1.165) is 34.0 Å². The van der Waals surface area contributed by atoms with Gasteiger partial charge in [0.1, 0.15) is 12.0 Å². The van der Waals surface area contributed by atoms with E-state index in [-0.39, 0.29) is 11.6 Å². The maximum absolute atomic E-state index is 13.0. The molecule has 0 radical (unpaired) electrons. The molecule has 3 aromatic carbocycles. The van der Waals surface area contributed by atoms with Crippen molar-refractivity contribution in [1.82, 2.24) is 20.8 Å². The normalized spacial score (nSPS) is 15.6. The number of nitrogen functional groups attached to an aromatic ring is 2. The fourth-order valence-electron chi connectivity index (χ4n) is 4.05. The van der Waals surface area contributed by atoms with Gasteiger partial charge in [-0.1, -0.05) is 42.5 Å². The molecule has 4 aromatic rings. The number of nitrogens with zero attached hydrogens (tertiary/aromatic N) is 3. The monoisotopic (exact) mass is 478 g/mol. The van der Waals surface area contributed by atoms with E-state index in [1.165, 1.54) is 6.07 Å². The second-order valence-corrected chi connectivity index (χ2v) is 8.03. The largest absolute Gasteiger partial charge is 0.416 e. The van der Waals surface area contributed by atoms with Crippen molar-refractivity contribution >= 4 is 34.2 Å². The van der Waals surface area contributed by atoms with Gasteiger partial charge in [-0.25, -0.2) is 15.4 Å². The number of nitrogens with one attached hydrogen (secondary N) is 3. The van der Waals surface area contributed by atoms with Crippen molar-refractivity contribution in [1.29, 1.82) is 0 Å². The summed E-state index contributed by atoms with van der Waals surface area (Å²) < 4.78 is 39.1. The van der Waals surface area contributed by atoms with Crippen molar-refractivity contribution in [3.05, 3.63) is 89.1 Å². The number of hydrogen-bond donors (Lipinski definition) is 5. The van der Waals surface area contributed by atoms with Crippen LogP contribution in [0.4, 0.5) is 30.6 Å². The Labute approximate surface area is 198 Å². The van der Waals surface area contributed by atoms with Crippen LogP contribution in [-0.4, -0.2) is 15.9 Å². The quantitative estimate of drug-likeness (QED) is 0.300. The summed E-state index contributed by atoms with van der Waals surface area (Å²) in [7, 11) is 0. The molecule has 2 heterocycles. The number of hydrogen-bond acceptors (Lipinski definition) is 8. The minimum absolute atomic E-state index is 0.122. The highest BCUT2D eigenvalue weighted by molar-refractivity contribution is 5.95. The van der Waals surface area contributed by atoms with Gasteiger partial charge in [-0.3, -0.25) is 5.43 Å². The zero-order valence-electron chi connectivity index (χ0n) is 18.3. The van der Waals surface area contributed by atoms with Crippen molar-refractivity contribution in [3.63, 3.8) is 0 Å². The average Bonchev–Trinajstić information content (AvgIpc) is 3.26. The number of fused-ring (bicyclic) bond motifs is 1. The van der Waals surface area contributed by atoms with Crippen LogP contribution in [0.15, 0.2) is 71.7 Å². The summed E-state index contributed by atoms with van der Waals surface area (Å²) >= 11 is 0. The molecule has 1 atom stereocenters. The first kappa shape index (κ1) is 22.4. The Hall–Kier alpha value is -4.38. The van der Waals surface area contributed by atoms with E-state index in [9.17, 15) is 13.2 Å². The van der Waals surface area contributed by atoms with Crippen LogP contribution in [0.3, 0.4) is 0 Å². The van der Waals surface area contributed by atoms with Gasteiger partial charge >= 0.3 is 6.18 Å². The summed E-state index contributed by atoms with van der Waals surface area (Å²) in [5, 5.41) is 4.88.